The van der Waals surface area contributed by atoms with Crippen LogP contribution in [0.1, 0.15) is 28.3 Å². The Morgan fingerprint density at radius 2 is 1.72 bits per heavy atom. The topological polar surface area (TPSA) is 53.2 Å². The smallest absolute Gasteiger partial charge is 0.361 e. The number of thioether (sulfide) groups is 1. The lowest BCUT2D eigenvalue weighted by Gasteiger charge is -2.27. The van der Waals surface area contributed by atoms with E-state index in [1.807, 2.05) is 0 Å². The SMILES string of the molecule is O=C1CSC(=O)N1C(Cc1ccc(C(F)(F)F)cc1C(F)(F)F)c1c[nH]c2ccccc12. The zero-order valence-electron chi connectivity index (χ0n) is 16.1. The first-order valence-corrected chi connectivity index (χ1v) is 10.3. The van der Waals surface area contributed by atoms with Gasteiger partial charge in [0.05, 0.1) is 22.9 Å². The molecule has 1 fully saturated rings. The zero-order valence-corrected chi connectivity index (χ0v) is 16.9. The first-order valence-electron chi connectivity index (χ1n) is 9.29. The summed E-state index contributed by atoms with van der Waals surface area (Å²) < 4.78 is 80.1. The summed E-state index contributed by atoms with van der Waals surface area (Å²) >= 11 is 0.727. The molecule has 1 N–H and O–H groups in total. The number of aromatic nitrogens is 1. The van der Waals surface area contributed by atoms with E-state index >= 15 is 0 Å². The van der Waals surface area contributed by atoms with Gasteiger partial charge in [0, 0.05) is 22.7 Å². The Kier molecular flexibility index (Phi) is 5.48. The normalized spacial score (nSPS) is 16.2. The molecule has 1 saturated heterocycles. The molecule has 0 bridgehead atoms. The maximum absolute atomic E-state index is 13.7. The summed E-state index contributed by atoms with van der Waals surface area (Å²) in [5, 5.41) is -0.0266. The fourth-order valence-electron chi connectivity index (χ4n) is 3.78. The third kappa shape index (κ3) is 4.08. The van der Waals surface area contributed by atoms with Crippen LogP contribution in [0.2, 0.25) is 0 Å². The molecule has 0 aliphatic carbocycles. The number of hydrogen-bond donors (Lipinski definition) is 1. The fraction of sp³-hybridized carbons (Fsp3) is 0.238. The van der Waals surface area contributed by atoms with Gasteiger partial charge >= 0.3 is 12.4 Å². The Hall–Kier alpha value is -2.95. The van der Waals surface area contributed by atoms with Crippen LogP contribution in [0.4, 0.5) is 31.1 Å². The molecule has 2 heterocycles. The van der Waals surface area contributed by atoms with E-state index in [0.29, 0.717) is 22.5 Å². The monoisotopic (exact) mass is 472 g/mol. The van der Waals surface area contributed by atoms with Crippen molar-refractivity contribution >= 4 is 33.8 Å². The van der Waals surface area contributed by atoms with Crippen molar-refractivity contribution in [3.8, 4) is 0 Å². The molecule has 1 unspecified atom stereocenters. The molecule has 0 spiro atoms. The molecule has 4 rings (SSSR count). The van der Waals surface area contributed by atoms with Crippen molar-refractivity contribution in [2.24, 2.45) is 0 Å². The average Bonchev–Trinajstić information content (AvgIpc) is 3.28. The minimum absolute atomic E-state index is 0.0595. The van der Waals surface area contributed by atoms with Crippen molar-refractivity contribution in [2.75, 3.05) is 5.75 Å². The van der Waals surface area contributed by atoms with Crippen molar-refractivity contribution in [3.05, 3.63) is 70.9 Å². The van der Waals surface area contributed by atoms with Crippen molar-refractivity contribution < 1.29 is 35.9 Å². The average molecular weight is 472 g/mol. The molecule has 2 aromatic carbocycles. The fourth-order valence-corrected chi connectivity index (χ4v) is 4.53. The van der Waals surface area contributed by atoms with Gasteiger partial charge in [-0.3, -0.25) is 14.5 Å². The number of para-hydroxylation sites is 1. The molecule has 32 heavy (non-hydrogen) atoms. The molecule has 1 aliphatic heterocycles. The van der Waals surface area contributed by atoms with Gasteiger partial charge in [-0.15, -0.1) is 0 Å². The molecular formula is C21H14F6N2O2S. The van der Waals surface area contributed by atoms with Gasteiger partial charge in [0.1, 0.15) is 0 Å². The number of fused-ring (bicyclic) bond motifs is 1. The van der Waals surface area contributed by atoms with Crippen molar-refractivity contribution in [1.82, 2.24) is 9.88 Å². The molecule has 3 aromatic rings. The van der Waals surface area contributed by atoms with Gasteiger partial charge in [-0.1, -0.05) is 36.0 Å². The number of hydrogen-bond acceptors (Lipinski definition) is 3. The number of amides is 2. The number of imide groups is 1. The molecular weight excluding hydrogens is 458 g/mol. The van der Waals surface area contributed by atoms with Gasteiger partial charge in [0.2, 0.25) is 5.91 Å². The third-order valence-electron chi connectivity index (χ3n) is 5.23. The van der Waals surface area contributed by atoms with Gasteiger partial charge in [0.15, 0.2) is 0 Å². The standard InChI is InChI=1S/C21H14F6N2O2S/c22-20(23,24)12-6-5-11(15(8-12)21(25,26)27)7-17(29-18(30)10-32-19(29)31)14-9-28-16-4-2-1-3-13(14)16/h1-6,8-9,17,28H,7,10H2. The van der Waals surface area contributed by atoms with Crippen LogP contribution in [-0.4, -0.2) is 26.8 Å². The summed E-state index contributed by atoms with van der Waals surface area (Å²) in [5.41, 5.74) is -2.29. The number of nitrogens with one attached hydrogen (secondary N) is 1. The van der Waals surface area contributed by atoms with Crippen LogP contribution in [0.15, 0.2) is 48.7 Å². The second-order valence-corrected chi connectivity index (χ2v) is 8.12. The second-order valence-electron chi connectivity index (χ2n) is 7.20. The van der Waals surface area contributed by atoms with E-state index in [0.717, 1.165) is 22.7 Å². The second kappa shape index (κ2) is 7.88. The number of carbonyl (C=O) groups is 2. The molecule has 2 amide bonds. The van der Waals surface area contributed by atoms with Crippen LogP contribution < -0.4 is 0 Å². The quantitative estimate of drug-likeness (QED) is 0.461. The Bertz CT molecular complexity index is 1180. The Morgan fingerprint density at radius 3 is 2.34 bits per heavy atom. The van der Waals surface area contributed by atoms with Crippen LogP contribution >= 0.6 is 11.8 Å². The number of benzene rings is 2. The van der Waals surface area contributed by atoms with Crippen molar-refractivity contribution in [1.29, 1.82) is 0 Å². The molecule has 1 aliphatic rings. The van der Waals surface area contributed by atoms with Crippen LogP contribution in [0.25, 0.3) is 10.9 Å². The highest BCUT2D eigenvalue weighted by atomic mass is 32.2. The Morgan fingerprint density at radius 1 is 1.00 bits per heavy atom. The number of nitrogens with zero attached hydrogens (tertiary/aromatic N) is 1. The maximum atomic E-state index is 13.7. The predicted molar refractivity (Wildman–Crippen MR) is 106 cm³/mol. The summed E-state index contributed by atoms with van der Waals surface area (Å²) in [6.45, 7) is 0. The van der Waals surface area contributed by atoms with Gasteiger partial charge in [0.25, 0.3) is 5.24 Å². The van der Waals surface area contributed by atoms with Crippen LogP contribution in [0, 0.1) is 0 Å². The van der Waals surface area contributed by atoms with Gasteiger partial charge in [-0.25, -0.2) is 0 Å². The van der Waals surface area contributed by atoms with Crippen molar-refractivity contribution in [2.45, 2.75) is 24.8 Å². The van der Waals surface area contributed by atoms with Gasteiger partial charge < -0.3 is 4.98 Å². The van der Waals surface area contributed by atoms with E-state index in [2.05, 4.69) is 4.98 Å². The molecule has 1 atom stereocenters. The summed E-state index contributed by atoms with van der Waals surface area (Å²) in [5.74, 6) is -0.729. The lowest BCUT2D eigenvalue weighted by molar-refractivity contribution is -0.143. The molecule has 168 valence electrons. The maximum Gasteiger partial charge on any atom is 0.416 e. The first-order chi connectivity index (χ1) is 15.0. The summed E-state index contributed by atoms with van der Waals surface area (Å²) in [7, 11) is 0. The number of H-pyrrole nitrogens is 1. The molecule has 4 nitrogen and oxygen atoms in total. The van der Waals surface area contributed by atoms with Gasteiger partial charge in [-0.05, 0) is 30.2 Å². The van der Waals surface area contributed by atoms with E-state index in [-0.39, 0.29) is 11.8 Å². The lowest BCUT2D eigenvalue weighted by Crippen LogP contribution is -2.34. The largest absolute Gasteiger partial charge is 0.416 e. The van der Waals surface area contributed by atoms with E-state index in [9.17, 15) is 35.9 Å². The molecule has 0 radical (unpaired) electrons. The molecule has 11 heteroatoms. The van der Waals surface area contributed by atoms with Crippen LogP contribution in [-0.2, 0) is 23.6 Å². The number of rotatable bonds is 4. The predicted octanol–water partition coefficient (Wildman–Crippen LogP) is 6.18. The van der Waals surface area contributed by atoms with Crippen molar-refractivity contribution in [3.63, 3.8) is 0 Å². The highest BCUT2D eigenvalue weighted by molar-refractivity contribution is 8.14. The summed E-state index contributed by atoms with van der Waals surface area (Å²) in [4.78, 5) is 28.7. The number of halogens is 6. The molecule has 1 aromatic heterocycles. The van der Waals surface area contributed by atoms with Crippen LogP contribution in [0.5, 0.6) is 0 Å². The van der Waals surface area contributed by atoms with E-state index in [1.54, 1.807) is 24.3 Å². The summed E-state index contributed by atoms with van der Waals surface area (Å²) in [6, 6.07) is 7.09. The lowest BCUT2D eigenvalue weighted by atomic mass is 9.92. The van der Waals surface area contributed by atoms with E-state index in [4.69, 9.17) is 0 Å². The highest BCUT2D eigenvalue weighted by Crippen LogP contribution is 2.41. The Balaban J connectivity index is 1.85. The number of aromatic amines is 1. The minimum atomic E-state index is -5.06. The highest BCUT2D eigenvalue weighted by Gasteiger charge is 2.41. The summed E-state index contributed by atoms with van der Waals surface area (Å²) in [6.07, 6.45) is -9.01. The Labute approximate surface area is 181 Å². The number of carbonyl (C=O) groups excluding carboxylic acids is 2. The van der Waals surface area contributed by atoms with E-state index in [1.165, 1.54) is 6.20 Å². The zero-order chi connectivity index (χ0) is 23.3. The third-order valence-corrected chi connectivity index (χ3v) is 6.07. The van der Waals surface area contributed by atoms with Crippen LogP contribution in [0.3, 0.4) is 0 Å². The molecule has 0 saturated carbocycles. The minimum Gasteiger partial charge on any atom is -0.361 e. The number of alkyl halides is 6. The van der Waals surface area contributed by atoms with E-state index < -0.39 is 52.7 Å². The first kappa shape index (κ1) is 22.3. The van der Waals surface area contributed by atoms with Gasteiger partial charge in [-0.2, -0.15) is 26.3 Å².